The first kappa shape index (κ1) is 15.3. The molecule has 0 aliphatic heterocycles. The van der Waals surface area contributed by atoms with Crippen molar-refractivity contribution in [3.05, 3.63) is 30.1 Å². The first-order valence-corrected chi connectivity index (χ1v) is 6.59. The van der Waals surface area contributed by atoms with Gasteiger partial charge in [0, 0.05) is 6.42 Å². The summed E-state index contributed by atoms with van der Waals surface area (Å²) in [6, 6.07) is 4.35. The Bertz CT molecular complexity index is 649. The summed E-state index contributed by atoms with van der Waals surface area (Å²) >= 11 is 0. The summed E-state index contributed by atoms with van der Waals surface area (Å²) in [5, 5.41) is 8.81. The number of benzene rings is 1. The molecule has 114 valence electrons. The molecule has 2 aromatic rings. The Labute approximate surface area is 119 Å². The highest BCUT2D eigenvalue weighted by Gasteiger charge is 2.43. The van der Waals surface area contributed by atoms with E-state index in [9.17, 15) is 18.0 Å². The largest absolute Gasteiger partial charge is 0.481 e. The van der Waals surface area contributed by atoms with E-state index in [0.29, 0.717) is 23.9 Å². The Balaban J connectivity index is 2.64. The number of nitrogens with zero attached hydrogens (tertiary/aromatic N) is 2. The molecule has 1 atom stereocenters. The average Bonchev–Trinajstić information content (AvgIpc) is 2.73. The molecule has 1 unspecified atom stereocenters. The van der Waals surface area contributed by atoms with Gasteiger partial charge in [-0.05, 0) is 18.6 Å². The van der Waals surface area contributed by atoms with E-state index >= 15 is 0 Å². The molecule has 0 amide bonds. The Morgan fingerprint density at radius 3 is 2.62 bits per heavy atom. The summed E-state index contributed by atoms with van der Waals surface area (Å²) in [5.41, 5.74) is 0.755. The van der Waals surface area contributed by atoms with Gasteiger partial charge in [0.05, 0.1) is 17.5 Å². The highest BCUT2D eigenvalue weighted by Crippen LogP contribution is 2.36. The smallest absolute Gasteiger partial charge is 0.409 e. The number of hydrogen-bond donors (Lipinski definition) is 1. The number of para-hydroxylation sites is 2. The molecule has 0 saturated heterocycles. The third kappa shape index (κ3) is 3.17. The van der Waals surface area contributed by atoms with E-state index in [2.05, 4.69) is 4.98 Å². The molecule has 21 heavy (non-hydrogen) atoms. The minimum atomic E-state index is -4.65. The van der Waals surface area contributed by atoms with Crippen molar-refractivity contribution < 1.29 is 23.1 Å². The summed E-state index contributed by atoms with van der Waals surface area (Å²) in [6.45, 7) is 1.84. The van der Waals surface area contributed by atoms with Crippen molar-refractivity contribution in [3.63, 3.8) is 0 Å². The van der Waals surface area contributed by atoms with E-state index in [1.165, 1.54) is 6.07 Å². The monoisotopic (exact) mass is 300 g/mol. The standard InChI is InChI=1S/C14H15F3N2O2/c1-2-5-12-18-9-6-3-4-7-10(9)19(12)11(8-13(20)21)14(15,16)17/h3-4,6-7,11H,2,5,8H2,1H3,(H,20,21). The first-order valence-electron chi connectivity index (χ1n) is 6.59. The minimum absolute atomic E-state index is 0.266. The number of alkyl halides is 3. The minimum Gasteiger partial charge on any atom is -0.481 e. The van der Waals surface area contributed by atoms with Crippen molar-refractivity contribution in [3.8, 4) is 0 Å². The number of halogens is 3. The second-order valence-corrected chi connectivity index (χ2v) is 4.79. The van der Waals surface area contributed by atoms with Crippen LogP contribution in [0.15, 0.2) is 24.3 Å². The number of aromatic nitrogens is 2. The van der Waals surface area contributed by atoms with Crippen LogP contribution in [0.5, 0.6) is 0 Å². The number of imidazole rings is 1. The fourth-order valence-electron chi connectivity index (χ4n) is 2.36. The Kier molecular flexibility index (Phi) is 4.20. The third-order valence-electron chi connectivity index (χ3n) is 3.20. The van der Waals surface area contributed by atoms with Crippen molar-refractivity contribution in [2.45, 2.75) is 38.4 Å². The molecule has 0 bridgehead atoms. The lowest BCUT2D eigenvalue weighted by atomic mass is 10.1. The number of carboxylic acid groups (broad SMARTS) is 1. The average molecular weight is 300 g/mol. The first-order chi connectivity index (χ1) is 9.84. The van der Waals surface area contributed by atoms with Gasteiger partial charge in [-0.1, -0.05) is 19.1 Å². The van der Waals surface area contributed by atoms with Crippen molar-refractivity contribution >= 4 is 17.0 Å². The zero-order valence-corrected chi connectivity index (χ0v) is 11.4. The molecule has 1 aromatic heterocycles. The fraction of sp³-hybridized carbons (Fsp3) is 0.429. The van der Waals surface area contributed by atoms with E-state index in [1.54, 1.807) is 18.2 Å². The summed E-state index contributed by atoms with van der Waals surface area (Å²) in [4.78, 5) is 15.0. The van der Waals surface area contributed by atoms with Crippen LogP contribution in [0, 0.1) is 0 Å². The lowest BCUT2D eigenvalue weighted by Gasteiger charge is -2.23. The van der Waals surface area contributed by atoms with Gasteiger partial charge < -0.3 is 9.67 Å². The van der Waals surface area contributed by atoms with Crippen molar-refractivity contribution in [1.29, 1.82) is 0 Å². The van der Waals surface area contributed by atoms with Gasteiger partial charge in [-0.2, -0.15) is 13.2 Å². The molecule has 0 radical (unpaired) electrons. The SMILES string of the molecule is CCCc1nc2ccccc2n1C(CC(=O)O)C(F)(F)F. The van der Waals surface area contributed by atoms with Crippen LogP contribution in [0.25, 0.3) is 11.0 Å². The predicted octanol–water partition coefficient (Wildman–Crippen LogP) is 3.57. The Morgan fingerprint density at radius 2 is 2.05 bits per heavy atom. The molecule has 7 heteroatoms. The molecule has 1 heterocycles. The number of aliphatic carboxylic acids is 1. The van der Waals surface area contributed by atoms with Gasteiger partial charge >= 0.3 is 12.1 Å². The molecule has 1 aromatic carbocycles. The summed E-state index contributed by atoms with van der Waals surface area (Å²) < 4.78 is 40.9. The molecular weight excluding hydrogens is 285 g/mol. The van der Waals surface area contributed by atoms with Gasteiger partial charge in [-0.15, -0.1) is 0 Å². The normalized spacial score (nSPS) is 13.5. The zero-order valence-electron chi connectivity index (χ0n) is 11.4. The van der Waals surface area contributed by atoms with Gasteiger partial charge in [0.1, 0.15) is 11.9 Å². The van der Waals surface area contributed by atoms with Crippen LogP contribution in [0.2, 0.25) is 0 Å². The Hall–Kier alpha value is -2.05. The molecule has 0 saturated carbocycles. The maximum Gasteiger partial charge on any atom is 0.409 e. The van der Waals surface area contributed by atoms with Gasteiger partial charge in [-0.3, -0.25) is 4.79 Å². The third-order valence-corrected chi connectivity index (χ3v) is 3.20. The molecule has 0 spiro atoms. The quantitative estimate of drug-likeness (QED) is 0.918. The number of carbonyl (C=O) groups is 1. The number of rotatable bonds is 5. The maximum atomic E-state index is 13.3. The zero-order chi connectivity index (χ0) is 15.6. The topological polar surface area (TPSA) is 55.1 Å². The molecule has 0 aliphatic rings. The van der Waals surface area contributed by atoms with Gasteiger partial charge in [0.2, 0.25) is 0 Å². The van der Waals surface area contributed by atoms with Crippen LogP contribution >= 0.6 is 0 Å². The predicted molar refractivity (Wildman–Crippen MR) is 71.1 cm³/mol. The summed E-state index contributed by atoms with van der Waals surface area (Å²) in [6.07, 6.45) is -4.67. The van der Waals surface area contributed by atoms with Crippen molar-refractivity contribution in [2.24, 2.45) is 0 Å². The second-order valence-electron chi connectivity index (χ2n) is 4.79. The highest BCUT2D eigenvalue weighted by atomic mass is 19.4. The molecule has 0 fully saturated rings. The fourth-order valence-corrected chi connectivity index (χ4v) is 2.36. The van der Waals surface area contributed by atoms with E-state index in [0.717, 1.165) is 4.57 Å². The summed E-state index contributed by atoms with van der Waals surface area (Å²) in [7, 11) is 0. The number of fused-ring (bicyclic) bond motifs is 1. The van der Waals surface area contributed by atoms with Gasteiger partial charge in [-0.25, -0.2) is 4.98 Å². The van der Waals surface area contributed by atoms with Crippen LogP contribution < -0.4 is 0 Å². The van der Waals surface area contributed by atoms with E-state index in [1.807, 2.05) is 6.92 Å². The molecule has 2 rings (SSSR count). The van der Waals surface area contributed by atoms with Crippen LogP contribution in [0.4, 0.5) is 13.2 Å². The van der Waals surface area contributed by atoms with Crippen molar-refractivity contribution in [2.75, 3.05) is 0 Å². The summed E-state index contributed by atoms with van der Waals surface area (Å²) in [5.74, 6) is -1.22. The van der Waals surface area contributed by atoms with E-state index in [4.69, 9.17) is 5.11 Å². The maximum absolute atomic E-state index is 13.3. The second kappa shape index (κ2) is 5.75. The number of hydrogen-bond acceptors (Lipinski definition) is 2. The van der Waals surface area contributed by atoms with E-state index in [-0.39, 0.29) is 5.82 Å². The van der Waals surface area contributed by atoms with Gasteiger partial charge in [0.15, 0.2) is 0 Å². The molecule has 0 aliphatic carbocycles. The van der Waals surface area contributed by atoms with Crippen LogP contribution in [-0.4, -0.2) is 26.8 Å². The lowest BCUT2D eigenvalue weighted by molar-refractivity contribution is -0.176. The molecular formula is C14H15F3N2O2. The molecule has 4 nitrogen and oxygen atoms in total. The van der Waals surface area contributed by atoms with Crippen molar-refractivity contribution in [1.82, 2.24) is 9.55 Å². The number of aryl methyl sites for hydroxylation is 1. The lowest BCUT2D eigenvalue weighted by Crippen LogP contribution is -2.30. The number of carboxylic acids is 1. The van der Waals surface area contributed by atoms with Gasteiger partial charge in [0.25, 0.3) is 0 Å². The van der Waals surface area contributed by atoms with Crippen LogP contribution in [0.3, 0.4) is 0 Å². The highest BCUT2D eigenvalue weighted by molar-refractivity contribution is 5.76. The molecule has 1 N–H and O–H groups in total. The van der Waals surface area contributed by atoms with Crippen LogP contribution in [-0.2, 0) is 11.2 Å². The van der Waals surface area contributed by atoms with Crippen LogP contribution in [0.1, 0.15) is 31.6 Å². The van der Waals surface area contributed by atoms with E-state index < -0.39 is 24.6 Å². The Morgan fingerprint density at radius 1 is 1.38 bits per heavy atom.